The lowest BCUT2D eigenvalue weighted by atomic mass is 10.2. The van der Waals surface area contributed by atoms with Gasteiger partial charge in [0.25, 0.3) is 0 Å². The molecule has 1 amide bonds. The van der Waals surface area contributed by atoms with Crippen molar-refractivity contribution in [2.24, 2.45) is 0 Å². The lowest BCUT2D eigenvalue weighted by molar-refractivity contribution is 0.105. The van der Waals surface area contributed by atoms with Crippen LogP contribution in [0.2, 0.25) is 0 Å². The molecular weight excluding hydrogens is 330 g/mol. The van der Waals surface area contributed by atoms with Crippen molar-refractivity contribution in [2.75, 3.05) is 19.7 Å². The van der Waals surface area contributed by atoms with E-state index < -0.39 is 0 Å². The number of benzene rings is 1. The topological polar surface area (TPSA) is 70.0 Å². The molecule has 1 aromatic carbocycles. The number of ether oxygens (including phenoxy) is 1. The monoisotopic (exact) mass is 367 g/mol. The summed E-state index contributed by atoms with van der Waals surface area (Å²) in [7, 11) is 0. The van der Waals surface area contributed by atoms with Crippen molar-refractivity contribution in [3.8, 4) is 11.5 Å². The Morgan fingerprint density at radius 2 is 1.38 bits per heavy atom. The fourth-order valence-electron chi connectivity index (χ4n) is 2.46. The molecule has 0 spiro atoms. The van der Waals surface area contributed by atoms with E-state index in [1.54, 1.807) is 6.07 Å². The first kappa shape index (κ1) is 24.1. The molecule has 0 heterocycles. The van der Waals surface area contributed by atoms with E-state index in [2.05, 4.69) is 13.8 Å². The highest BCUT2D eigenvalue weighted by Crippen LogP contribution is 2.14. The molecule has 0 aliphatic rings. The van der Waals surface area contributed by atoms with E-state index in [0.29, 0.717) is 6.61 Å². The number of nitrogens with zero attached hydrogens (tertiary/aromatic N) is 1. The van der Waals surface area contributed by atoms with Gasteiger partial charge in [-0.05, 0) is 31.9 Å². The summed E-state index contributed by atoms with van der Waals surface area (Å²) in [5.41, 5.74) is 0. The maximum atomic E-state index is 11.8. The molecule has 0 unspecified atom stereocenters. The molecule has 0 bridgehead atoms. The van der Waals surface area contributed by atoms with Gasteiger partial charge in [0, 0.05) is 19.2 Å². The maximum absolute atomic E-state index is 11.8. The second-order valence-corrected chi connectivity index (χ2v) is 6.33. The molecule has 2 N–H and O–H groups in total. The molecule has 1 aromatic rings. The predicted molar refractivity (Wildman–Crippen MR) is 107 cm³/mol. The summed E-state index contributed by atoms with van der Waals surface area (Å²) < 4.78 is 5.11. The molecule has 5 nitrogen and oxygen atoms in total. The zero-order chi connectivity index (χ0) is 19.6. The zero-order valence-electron chi connectivity index (χ0n) is 16.7. The second-order valence-electron chi connectivity index (χ2n) is 6.33. The third-order valence-electron chi connectivity index (χ3n) is 3.92. The van der Waals surface area contributed by atoms with Crippen molar-refractivity contribution in [3.63, 3.8) is 0 Å². The van der Waals surface area contributed by atoms with Gasteiger partial charge in [-0.3, -0.25) is 0 Å². The van der Waals surface area contributed by atoms with Crippen molar-refractivity contribution in [3.05, 3.63) is 24.3 Å². The third kappa shape index (κ3) is 13.4. The van der Waals surface area contributed by atoms with Crippen LogP contribution >= 0.6 is 0 Å². The first-order chi connectivity index (χ1) is 12.5. The predicted octanol–water partition coefficient (Wildman–Crippen LogP) is 5.70. The van der Waals surface area contributed by atoms with Crippen LogP contribution in [0.1, 0.15) is 72.1 Å². The fraction of sp³-hybridized carbons (Fsp3) is 0.667. The van der Waals surface area contributed by atoms with Crippen LogP contribution in [0.3, 0.4) is 0 Å². The molecule has 0 radical (unpaired) electrons. The molecule has 0 atom stereocenters. The average molecular weight is 368 g/mol. The van der Waals surface area contributed by atoms with E-state index in [9.17, 15) is 4.79 Å². The molecule has 26 heavy (non-hydrogen) atoms. The lowest BCUT2D eigenvalue weighted by Crippen LogP contribution is -2.33. The standard InChI is InChI=1S/C15H31NO2.C6H6O2/c1-4-7-9-11-13-16(15(17)18-6-3)14-12-10-8-5-2;7-5-2-1-3-6(8)4-5/h4-14H2,1-3H3;1-4,7-8H. The Morgan fingerprint density at radius 3 is 1.73 bits per heavy atom. The Morgan fingerprint density at radius 1 is 0.885 bits per heavy atom. The smallest absolute Gasteiger partial charge is 0.409 e. The number of hydrogen-bond acceptors (Lipinski definition) is 4. The minimum atomic E-state index is -0.134. The number of hydrogen-bond donors (Lipinski definition) is 2. The van der Waals surface area contributed by atoms with Crippen LogP contribution in [-0.4, -0.2) is 40.9 Å². The molecule has 0 saturated carbocycles. The Balaban J connectivity index is 0.000000642. The third-order valence-corrected chi connectivity index (χ3v) is 3.92. The summed E-state index contributed by atoms with van der Waals surface area (Å²) >= 11 is 0. The SMILES string of the molecule is CCCCCCN(CCCCCC)C(=O)OCC.Oc1cccc(O)c1. The van der Waals surface area contributed by atoms with E-state index in [1.165, 1.54) is 56.7 Å². The van der Waals surface area contributed by atoms with Gasteiger partial charge in [0.2, 0.25) is 0 Å². The van der Waals surface area contributed by atoms with Gasteiger partial charge in [-0.25, -0.2) is 4.79 Å². The van der Waals surface area contributed by atoms with Gasteiger partial charge in [-0.15, -0.1) is 0 Å². The number of carbonyl (C=O) groups is 1. The number of rotatable bonds is 11. The second kappa shape index (κ2) is 16.6. The molecule has 1 rings (SSSR count). The van der Waals surface area contributed by atoms with Crippen molar-refractivity contribution in [2.45, 2.75) is 72.1 Å². The number of amides is 1. The van der Waals surface area contributed by atoms with Gasteiger partial charge in [0.1, 0.15) is 11.5 Å². The minimum absolute atomic E-state index is 0.0880. The number of unbranched alkanes of at least 4 members (excludes halogenated alkanes) is 6. The maximum Gasteiger partial charge on any atom is 0.409 e. The minimum Gasteiger partial charge on any atom is -0.508 e. The number of phenolic OH excluding ortho intramolecular Hbond substituents is 2. The normalized spacial score (nSPS) is 9.96. The average Bonchev–Trinajstić information content (AvgIpc) is 2.61. The van der Waals surface area contributed by atoms with E-state index in [4.69, 9.17) is 14.9 Å². The Kier molecular flexibility index (Phi) is 15.3. The summed E-state index contributed by atoms with van der Waals surface area (Å²) in [5, 5.41) is 17.3. The van der Waals surface area contributed by atoms with Gasteiger partial charge in [0.15, 0.2) is 0 Å². The van der Waals surface area contributed by atoms with Gasteiger partial charge in [-0.1, -0.05) is 58.4 Å². The van der Waals surface area contributed by atoms with Gasteiger partial charge >= 0.3 is 6.09 Å². The first-order valence-corrected chi connectivity index (χ1v) is 9.94. The number of phenols is 2. The highest BCUT2D eigenvalue weighted by Gasteiger charge is 2.13. The molecule has 150 valence electrons. The fourth-order valence-corrected chi connectivity index (χ4v) is 2.46. The molecular formula is C21H37NO4. The first-order valence-electron chi connectivity index (χ1n) is 9.94. The van der Waals surface area contributed by atoms with E-state index in [-0.39, 0.29) is 17.6 Å². The largest absolute Gasteiger partial charge is 0.508 e. The Labute approximate surface area is 159 Å². The number of aromatic hydroxyl groups is 2. The lowest BCUT2D eigenvalue weighted by Gasteiger charge is -2.21. The van der Waals surface area contributed by atoms with Crippen LogP contribution < -0.4 is 0 Å². The number of carbonyl (C=O) groups excluding carboxylic acids is 1. The summed E-state index contributed by atoms with van der Waals surface area (Å²) in [4.78, 5) is 13.7. The van der Waals surface area contributed by atoms with Crippen LogP contribution in [0.15, 0.2) is 24.3 Å². The molecule has 0 aromatic heterocycles. The highest BCUT2D eigenvalue weighted by atomic mass is 16.6. The summed E-state index contributed by atoms with van der Waals surface area (Å²) in [6, 6.07) is 5.85. The van der Waals surface area contributed by atoms with E-state index in [0.717, 1.165) is 25.9 Å². The molecule has 0 fully saturated rings. The van der Waals surface area contributed by atoms with Gasteiger partial charge in [0.05, 0.1) is 6.61 Å². The van der Waals surface area contributed by atoms with Crippen LogP contribution in [0.4, 0.5) is 4.79 Å². The molecule has 0 aliphatic carbocycles. The summed E-state index contributed by atoms with van der Waals surface area (Å²) in [5.74, 6) is 0.176. The van der Waals surface area contributed by atoms with Crippen LogP contribution in [0.5, 0.6) is 11.5 Å². The van der Waals surface area contributed by atoms with Crippen molar-refractivity contribution in [1.29, 1.82) is 0 Å². The molecule has 0 saturated heterocycles. The summed E-state index contributed by atoms with van der Waals surface area (Å²) in [6.07, 6.45) is 9.46. The quantitative estimate of drug-likeness (QED) is 0.492. The van der Waals surface area contributed by atoms with Crippen LogP contribution in [0.25, 0.3) is 0 Å². The molecule has 5 heteroatoms. The van der Waals surface area contributed by atoms with Gasteiger partial charge < -0.3 is 19.8 Å². The molecule has 0 aliphatic heterocycles. The van der Waals surface area contributed by atoms with E-state index in [1.807, 2.05) is 11.8 Å². The van der Waals surface area contributed by atoms with Gasteiger partial charge in [-0.2, -0.15) is 0 Å². The highest BCUT2D eigenvalue weighted by molar-refractivity contribution is 5.67. The summed E-state index contributed by atoms with van der Waals surface area (Å²) in [6.45, 7) is 8.45. The van der Waals surface area contributed by atoms with Crippen LogP contribution in [0, 0.1) is 0 Å². The van der Waals surface area contributed by atoms with Crippen LogP contribution in [-0.2, 0) is 4.74 Å². The van der Waals surface area contributed by atoms with E-state index >= 15 is 0 Å². The Hall–Kier alpha value is -1.91. The van der Waals surface area contributed by atoms with Crippen molar-refractivity contribution >= 4 is 6.09 Å². The van der Waals surface area contributed by atoms with Crippen molar-refractivity contribution in [1.82, 2.24) is 4.90 Å². The van der Waals surface area contributed by atoms with Crippen molar-refractivity contribution < 1.29 is 19.7 Å². The Bertz CT molecular complexity index is 436. The zero-order valence-corrected chi connectivity index (χ0v) is 16.7.